The Morgan fingerprint density at radius 2 is 2.13 bits per heavy atom. The molecule has 2 aliphatic rings. The molecular formula is C16H21NO6. The Kier molecular flexibility index (Phi) is 4.70. The van der Waals surface area contributed by atoms with Crippen molar-refractivity contribution in [1.29, 1.82) is 0 Å². The van der Waals surface area contributed by atoms with Crippen molar-refractivity contribution in [2.45, 2.75) is 37.2 Å². The molecule has 0 bridgehead atoms. The number of amides is 1. The van der Waals surface area contributed by atoms with Gasteiger partial charge in [-0.1, -0.05) is 6.07 Å². The van der Waals surface area contributed by atoms with Crippen molar-refractivity contribution in [1.82, 2.24) is 5.32 Å². The Hall–Kier alpha value is -1.83. The molecule has 2 heterocycles. The first-order chi connectivity index (χ1) is 11.1. The second-order valence-corrected chi connectivity index (χ2v) is 5.84. The summed E-state index contributed by atoms with van der Waals surface area (Å²) in [5, 5.41) is 22.1. The number of methoxy groups -OCH3 is 1. The van der Waals surface area contributed by atoms with Crippen LogP contribution in [0.1, 0.15) is 12.0 Å². The second kappa shape index (κ2) is 6.74. The topological polar surface area (TPSA) is 97.3 Å². The van der Waals surface area contributed by atoms with Crippen LogP contribution in [0.15, 0.2) is 18.2 Å². The monoisotopic (exact) mass is 323 g/mol. The zero-order valence-corrected chi connectivity index (χ0v) is 12.9. The molecule has 2 fully saturated rings. The van der Waals surface area contributed by atoms with Gasteiger partial charge in [-0.05, 0) is 24.1 Å². The number of benzene rings is 1. The lowest BCUT2D eigenvalue weighted by molar-refractivity contribution is -0.122. The van der Waals surface area contributed by atoms with Gasteiger partial charge in [0.1, 0.15) is 18.3 Å². The molecule has 2 aliphatic heterocycles. The summed E-state index contributed by atoms with van der Waals surface area (Å²) in [6.45, 7) is 0.597. The van der Waals surface area contributed by atoms with E-state index in [0.29, 0.717) is 25.2 Å². The van der Waals surface area contributed by atoms with Crippen molar-refractivity contribution in [2.24, 2.45) is 0 Å². The summed E-state index contributed by atoms with van der Waals surface area (Å²) >= 11 is 0. The predicted molar refractivity (Wildman–Crippen MR) is 80.4 cm³/mol. The van der Waals surface area contributed by atoms with Crippen LogP contribution in [0, 0.1) is 0 Å². The van der Waals surface area contributed by atoms with E-state index in [1.54, 1.807) is 18.2 Å². The highest BCUT2D eigenvalue weighted by Gasteiger charge is 2.47. The van der Waals surface area contributed by atoms with Crippen molar-refractivity contribution in [3.8, 4) is 11.5 Å². The lowest BCUT2D eigenvalue weighted by Crippen LogP contribution is -2.44. The molecule has 7 heteroatoms. The predicted octanol–water partition coefficient (Wildman–Crippen LogP) is -0.0233. The Morgan fingerprint density at radius 1 is 1.35 bits per heavy atom. The highest BCUT2D eigenvalue weighted by molar-refractivity contribution is 5.76. The van der Waals surface area contributed by atoms with Crippen LogP contribution in [0.4, 0.5) is 0 Å². The molecular weight excluding hydrogens is 302 g/mol. The summed E-state index contributed by atoms with van der Waals surface area (Å²) in [5.41, 5.74) is 0.905. The number of rotatable bonds is 5. The second-order valence-electron chi connectivity index (χ2n) is 5.84. The fourth-order valence-corrected chi connectivity index (χ4v) is 3.02. The van der Waals surface area contributed by atoms with Gasteiger partial charge in [-0.2, -0.15) is 0 Å². The molecule has 1 aromatic rings. The van der Waals surface area contributed by atoms with E-state index in [4.69, 9.17) is 14.2 Å². The molecule has 0 spiro atoms. The zero-order valence-electron chi connectivity index (χ0n) is 12.9. The van der Waals surface area contributed by atoms with E-state index in [-0.39, 0.29) is 36.5 Å². The van der Waals surface area contributed by atoms with Gasteiger partial charge in [-0.15, -0.1) is 0 Å². The highest BCUT2D eigenvalue weighted by atomic mass is 16.6. The minimum atomic E-state index is -0.619. The van der Waals surface area contributed by atoms with Gasteiger partial charge in [-0.25, -0.2) is 0 Å². The average molecular weight is 323 g/mol. The molecule has 3 rings (SSSR count). The summed E-state index contributed by atoms with van der Waals surface area (Å²) in [7, 11) is 1.48. The maximum Gasteiger partial charge on any atom is 0.220 e. The molecule has 1 amide bonds. The summed E-state index contributed by atoms with van der Waals surface area (Å²) < 4.78 is 16.0. The van der Waals surface area contributed by atoms with Gasteiger partial charge in [0, 0.05) is 6.42 Å². The lowest BCUT2D eigenvalue weighted by Gasteiger charge is -2.17. The number of carbonyl (C=O) groups is 1. The minimum Gasteiger partial charge on any atom is -0.504 e. The standard InChI is InChI=1S/C16H21NO6/c1-21-13-6-9(2-4-11(13)18)3-5-14(20)17-10-7-22-16-12(19)8-23-15(10)16/h2,4,6,10,12,15-16,18-19H,3,5,7-8H2,1H3,(H,17,20)/t10-,12-,15-,16-/m1/s1. The molecule has 0 aromatic heterocycles. The van der Waals surface area contributed by atoms with Crippen molar-refractivity contribution in [2.75, 3.05) is 20.3 Å². The number of hydrogen-bond donors (Lipinski definition) is 3. The fourth-order valence-electron chi connectivity index (χ4n) is 3.02. The van der Waals surface area contributed by atoms with Crippen LogP contribution >= 0.6 is 0 Å². The van der Waals surface area contributed by atoms with Gasteiger partial charge < -0.3 is 29.7 Å². The normalized spacial score (nSPS) is 29.3. The van der Waals surface area contributed by atoms with Crippen LogP contribution < -0.4 is 10.1 Å². The van der Waals surface area contributed by atoms with Gasteiger partial charge in [0.2, 0.25) is 5.91 Å². The molecule has 126 valence electrons. The van der Waals surface area contributed by atoms with Gasteiger partial charge >= 0.3 is 0 Å². The first kappa shape index (κ1) is 16.0. The van der Waals surface area contributed by atoms with E-state index in [1.807, 2.05) is 0 Å². The summed E-state index contributed by atoms with van der Waals surface area (Å²) in [6.07, 6.45) is -0.395. The first-order valence-electron chi connectivity index (χ1n) is 7.65. The number of ether oxygens (including phenoxy) is 3. The highest BCUT2D eigenvalue weighted by Crippen LogP contribution is 2.28. The first-order valence-corrected chi connectivity index (χ1v) is 7.65. The van der Waals surface area contributed by atoms with E-state index >= 15 is 0 Å². The SMILES string of the molecule is COc1cc(CCC(=O)N[C@@H]2CO[C@H]3[C@@H]2OC[C@H]3O)ccc1O. The quantitative estimate of drug-likeness (QED) is 0.704. The number of aliphatic hydroxyl groups excluding tert-OH is 1. The summed E-state index contributed by atoms with van der Waals surface area (Å²) in [4.78, 5) is 12.1. The number of aliphatic hydroxyl groups is 1. The lowest BCUT2D eigenvalue weighted by atomic mass is 10.1. The van der Waals surface area contributed by atoms with E-state index < -0.39 is 6.10 Å². The molecule has 0 aliphatic carbocycles. The largest absolute Gasteiger partial charge is 0.504 e. The minimum absolute atomic E-state index is 0.0757. The van der Waals surface area contributed by atoms with Crippen LogP contribution in [0.25, 0.3) is 0 Å². The number of phenolic OH excluding ortho intramolecular Hbond substituents is 1. The fraction of sp³-hybridized carbons (Fsp3) is 0.562. The Bertz CT molecular complexity index is 578. The van der Waals surface area contributed by atoms with E-state index in [1.165, 1.54) is 7.11 Å². The van der Waals surface area contributed by atoms with Crippen LogP contribution in [-0.4, -0.2) is 60.8 Å². The molecule has 0 radical (unpaired) electrons. The Balaban J connectivity index is 1.50. The maximum atomic E-state index is 12.1. The van der Waals surface area contributed by atoms with Crippen molar-refractivity contribution in [3.05, 3.63) is 23.8 Å². The van der Waals surface area contributed by atoms with Crippen LogP contribution in [0.5, 0.6) is 11.5 Å². The third kappa shape index (κ3) is 3.41. The van der Waals surface area contributed by atoms with E-state index in [0.717, 1.165) is 5.56 Å². The number of nitrogens with one attached hydrogen (secondary N) is 1. The number of aromatic hydroxyl groups is 1. The third-order valence-corrected chi connectivity index (χ3v) is 4.26. The average Bonchev–Trinajstić information content (AvgIpc) is 3.10. The number of aryl methyl sites for hydroxylation is 1. The van der Waals surface area contributed by atoms with E-state index in [2.05, 4.69) is 5.32 Å². The van der Waals surface area contributed by atoms with Gasteiger partial charge in [0.05, 0.1) is 26.4 Å². The van der Waals surface area contributed by atoms with Crippen LogP contribution in [-0.2, 0) is 20.7 Å². The number of phenols is 1. The Labute approximate surface area is 134 Å². The van der Waals surface area contributed by atoms with Crippen LogP contribution in [0.2, 0.25) is 0 Å². The zero-order chi connectivity index (χ0) is 16.4. The number of carbonyl (C=O) groups excluding carboxylic acids is 1. The molecule has 0 saturated carbocycles. The number of fused-ring (bicyclic) bond motifs is 1. The molecule has 23 heavy (non-hydrogen) atoms. The smallest absolute Gasteiger partial charge is 0.220 e. The van der Waals surface area contributed by atoms with Crippen LogP contribution in [0.3, 0.4) is 0 Å². The van der Waals surface area contributed by atoms with Gasteiger partial charge in [-0.3, -0.25) is 4.79 Å². The molecule has 3 N–H and O–H groups in total. The van der Waals surface area contributed by atoms with E-state index in [9.17, 15) is 15.0 Å². The molecule has 7 nitrogen and oxygen atoms in total. The van der Waals surface area contributed by atoms with Crippen molar-refractivity contribution >= 4 is 5.91 Å². The Morgan fingerprint density at radius 3 is 2.91 bits per heavy atom. The summed E-state index contributed by atoms with van der Waals surface area (Å²) in [5.74, 6) is 0.367. The summed E-state index contributed by atoms with van der Waals surface area (Å²) in [6, 6.07) is 4.80. The molecule has 1 aromatic carbocycles. The molecule has 4 atom stereocenters. The molecule has 2 saturated heterocycles. The van der Waals surface area contributed by atoms with Crippen molar-refractivity contribution < 1.29 is 29.2 Å². The van der Waals surface area contributed by atoms with Gasteiger partial charge in [0.15, 0.2) is 11.5 Å². The number of hydrogen-bond acceptors (Lipinski definition) is 6. The maximum absolute atomic E-state index is 12.1. The third-order valence-electron chi connectivity index (χ3n) is 4.26. The van der Waals surface area contributed by atoms with Gasteiger partial charge in [0.25, 0.3) is 0 Å². The molecule has 0 unspecified atom stereocenters. The van der Waals surface area contributed by atoms with Crippen molar-refractivity contribution in [3.63, 3.8) is 0 Å².